The molecule has 1 unspecified atom stereocenters. The Morgan fingerprint density at radius 3 is 2.47 bits per heavy atom. The first-order valence-electron chi connectivity index (χ1n) is 5.92. The molecule has 1 atom stereocenters. The Morgan fingerprint density at radius 2 is 1.95 bits per heavy atom. The lowest BCUT2D eigenvalue weighted by Crippen LogP contribution is -2.32. The van der Waals surface area contributed by atoms with Crippen molar-refractivity contribution in [3.63, 3.8) is 0 Å². The summed E-state index contributed by atoms with van der Waals surface area (Å²) in [5.74, 6) is -0.954. The van der Waals surface area contributed by atoms with Crippen molar-refractivity contribution in [2.45, 2.75) is 18.2 Å². The summed E-state index contributed by atoms with van der Waals surface area (Å²) >= 11 is 1.63. The molecular weight excluding hydrogens is 264 g/mol. The van der Waals surface area contributed by atoms with Crippen LogP contribution >= 0.6 is 11.8 Å². The van der Waals surface area contributed by atoms with Gasteiger partial charge in [0.15, 0.2) is 0 Å². The maximum atomic E-state index is 11.6. The van der Waals surface area contributed by atoms with E-state index in [-0.39, 0.29) is 18.4 Å². The number of urea groups is 1. The van der Waals surface area contributed by atoms with E-state index in [1.165, 1.54) is 0 Å². The van der Waals surface area contributed by atoms with Crippen molar-refractivity contribution in [1.82, 2.24) is 5.32 Å². The highest BCUT2D eigenvalue weighted by Crippen LogP contribution is 2.17. The Labute approximate surface area is 116 Å². The number of carboxylic acids is 1. The number of benzene rings is 1. The minimum absolute atomic E-state index is 0.0443. The van der Waals surface area contributed by atoms with E-state index < -0.39 is 5.97 Å². The normalized spacial score (nSPS) is 11.7. The van der Waals surface area contributed by atoms with Crippen LogP contribution in [0.1, 0.15) is 13.3 Å². The van der Waals surface area contributed by atoms with Gasteiger partial charge >= 0.3 is 12.0 Å². The molecule has 0 aliphatic carbocycles. The minimum atomic E-state index is -0.859. The number of amides is 2. The molecule has 19 heavy (non-hydrogen) atoms. The summed E-state index contributed by atoms with van der Waals surface area (Å²) in [6.45, 7) is 2.11. The highest BCUT2D eigenvalue weighted by Gasteiger charge is 2.09. The molecule has 0 saturated carbocycles. The number of nitrogens with one attached hydrogen (secondary N) is 2. The lowest BCUT2D eigenvalue weighted by molar-refractivity contribution is -0.137. The lowest BCUT2D eigenvalue weighted by atomic mass is 10.1. The van der Waals surface area contributed by atoms with Gasteiger partial charge < -0.3 is 15.7 Å². The van der Waals surface area contributed by atoms with Gasteiger partial charge in [0, 0.05) is 23.5 Å². The van der Waals surface area contributed by atoms with E-state index in [0.717, 1.165) is 4.90 Å². The Kier molecular flexibility index (Phi) is 6.21. The molecule has 1 aromatic rings. The maximum absolute atomic E-state index is 11.6. The van der Waals surface area contributed by atoms with Crippen LogP contribution in [0.5, 0.6) is 0 Å². The molecule has 2 amide bonds. The molecule has 1 aromatic carbocycles. The Bertz CT molecular complexity index is 434. The number of aliphatic carboxylic acids is 1. The number of anilines is 1. The fourth-order valence-electron chi connectivity index (χ4n) is 1.49. The van der Waals surface area contributed by atoms with Crippen molar-refractivity contribution >= 4 is 29.4 Å². The standard InChI is InChI=1S/C13H18N2O3S/c1-9(7-12(16)17)8-14-13(18)15-10-3-5-11(19-2)6-4-10/h3-6,9H,7-8H2,1-2H3,(H,16,17)(H2,14,15,18). The van der Waals surface area contributed by atoms with Crippen molar-refractivity contribution in [2.75, 3.05) is 18.1 Å². The van der Waals surface area contributed by atoms with Gasteiger partial charge in [0.05, 0.1) is 0 Å². The molecule has 0 spiro atoms. The summed E-state index contributed by atoms with van der Waals surface area (Å²) in [4.78, 5) is 23.2. The van der Waals surface area contributed by atoms with Crippen molar-refractivity contribution in [3.8, 4) is 0 Å². The van der Waals surface area contributed by atoms with Crippen molar-refractivity contribution < 1.29 is 14.7 Å². The molecule has 0 fully saturated rings. The Balaban J connectivity index is 2.36. The topological polar surface area (TPSA) is 78.4 Å². The first-order chi connectivity index (χ1) is 9.01. The zero-order valence-electron chi connectivity index (χ0n) is 11.0. The number of carboxylic acid groups (broad SMARTS) is 1. The second-order valence-corrected chi connectivity index (χ2v) is 5.15. The monoisotopic (exact) mass is 282 g/mol. The molecule has 6 heteroatoms. The van der Waals surface area contributed by atoms with Gasteiger partial charge in [-0.05, 0) is 36.4 Å². The highest BCUT2D eigenvalue weighted by molar-refractivity contribution is 7.98. The molecule has 0 aromatic heterocycles. The van der Waals surface area contributed by atoms with E-state index in [1.54, 1.807) is 18.7 Å². The molecule has 0 aliphatic rings. The first-order valence-corrected chi connectivity index (χ1v) is 7.14. The van der Waals surface area contributed by atoms with Crippen molar-refractivity contribution in [1.29, 1.82) is 0 Å². The number of carbonyl (C=O) groups excluding carboxylic acids is 1. The van der Waals surface area contributed by atoms with E-state index in [4.69, 9.17) is 5.11 Å². The Morgan fingerprint density at radius 1 is 1.32 bits per heavy atom. The average molecular weight is 282 g/mol. The van der Waals surface area contributed by atoms with Crippen LogP contribution in [0.15, 0.2) is 29.2 Å². The summed E-state index contributed by atoms with van der Waals surface area (Å²) in [5.41, 5.74) is 0.709. The van der Waals surface area contributed by atoms with Crippen molar-refractivity contribution in [2.24, 2.45) is 5.92 Å². The van der Waals surface area contributed by atoms with E-state index in [2.05, 4.69) is 10.6 Å². The third-order valence-electron chi connectivity index (χ3n) is 2.48. The Hall–Kier alpha value is -1.69. The third kappa shape index (κ3) is 6.15. The molecule has 104 valence electrons. The smallest absolute Gasteiger partial charge is 0.319 e. The van der Waals surface area contributed by atoms with Crippen molar-refractivity contribution in [3.05, 3.63) is 24.3 Å². The third-order valence-corrected chi connectivity index (χ3v) is 3.23. The molecule has 3 N–H and O–H groups in total. The SMILES string of the molecule is CSc1ccc(NC(=O)NCC(C)CC(=O)O)cc1. The van der Waals surface area contributed by atoms with Crippen LogP contribution in [0.2, 0.25) is 0 Å². The fourth-order valence-corrected chi connectivity index (χ4v) is 1.90. The summed E-state index contributed by atoms with van der Waals surface area (Å²) in [5, 5.41) is 13.9. The summed E-state index contributed by atoms with van der Waals surface area (Å²) < 4.78 is 0. The predicted octanol–water partition coefficient (Wildman–Crippen LogP) is 2.64. The largest absolute Gasteiger partial charge is 0.481 e. The second-order valence-electron chi connectivity index (χ2n) is 4.27. The number of hydrogen-bond acceptors (Lipinski definition) is 3. The van der Waals surface area contributed by atoms with E-state index in [9.17, 15) is 9.59 Å². The van der Waals surface area contributed by atoms with Gasteiger partial charge in [0.1, 0.15) is 0 Å². The van der Waals surface area contributed by atoms with Gasteiger partial charge in [0.25, 0.3) is 0 Å². The number of rotatable bonds is 6. The number of carbonyl (C=O) groups is 2. The molecule has 0 bridgehead atoms. The maximum Gasteiger partial charge on any atom is 0.319 e. The number of hydrogen-bond donors (Lipinski definition) is 3. The molecule has 1 rings (SSSR count). The molecule has 0 radical (unpaired) electrons. The second kappa shape index (κ2) is 7.68. The summed E-state index contributed by atoms with van der Waals surface area (Å²) in [7, 11) is 0. The summed E-state index contributed by atoms with van der Waals surface area (Å²) in [6.07, 6.45) is 2.03. The van der Waals surface area contributed by atoms with Crippen LogP contribution in [0.25, 0.3) is 0 Å². The van der Waals surface area contributed by atoms with Crippen LogP contribution in [0.3, 0.4) is 0 Å². The van der Waals surface area contributed by atoms with E-state index in [1.807, 2.05) is 30.5 Å². The van der Waals surface area contributed by atoms with Crippen LogP contribution < -0.4 is 10.6 Å². The molecule has 0 saturated heterocycles. The molecular formula is C13H18N2O3S. The van der Waals surface area contributed by atoms with Crippen LogP contribution in [0, 0.1) is 5.92 Å². The van der Waals surface area contributed by atoms with Gasteiger partial charge in [-0.2, -0.15) is 0 Å². The molecule has 0 aliphatic heterocycles. The predicted molar refractivity (Wildman–Crippen MR) is 76.7 cm³/mol. The highest BCUT2D eigenvalue weighted by atomic mass is 32.2. The van der Waals surface area contributed by atoms with E-state index >= 15 is 0 Å². The van der Waals surface area contributed by atoms with Gasteiger partial charge in [-0.15, -0.1) is 11.8 Å². The quantitative estimate of drug-likeness (QED) is 0.701. The van der Waals surface area contributed by atoms with Crippen LogP contribution in [0.4, 0.5) is 10.5 Å². The lowest BCUT2D eigenvalue weighted by Gasteiger charge is -2.11. The van der Waals surface area contributed by atoms with Gasteiger partial charge in [-0.1, -0.05) is 6.92 Å². The van der Waals surface area contributed by atoms with Gasteiger partial charge in [-0.3, -0.25) is 4.79 Å². The molecule has 0 heterocycles. The average Bonchev–Trinajstić information content (AvgIpc) is 2.36. The molecule has 5 nitrogen and oxygen atoms in total. The van der Waals surface area contributed by atoms with Crippen LogP contribution in [-0.2, 0) is 4.79 Å². The van der Waals surface area contributed by atoms with Gasteiger partial charge in [-0.25, -0.2) is 4.79 Å². The fraction of sp³-hybridized carbons (Fsp3) is 0.385. The zero-order chi connectivity index (χ0) is 14.3. The number of thioether (sulfide) groups is 1. The zero-order valence-corrected chi connectivity index (χ0v) is 11.8. The van der Waals surface area contributed by atoms with Gasteiger partial charge in [0.2, 0.25) is 0 Å². The van der Waals surface area contributed by atoms with E-state index in [0.29, 0.717) is 12.2 Å². The first kappa shape index (κ1) is 15.4. The van der Waals surface area contributed by atoms with Crippen LogP contribution in [-0.4, -0.2) is 29.9 Å². The summed E-state index contributed by atoms with van der Waals surface area (Å²) in [6, 6.07) is 7.17. The minimum Gasteiger partial charge on any atom is -0.481 e.